The lowest BCUT2D eigenvalue weighted by Crippen LogP contribution is -2.34. The van der Waals surface area contributed by atoms with E-state index in [0.717, 1.165) is 11.1 Å². The maximum atomic E-state index is 13.7. The molecule has 1 saturated heterocycles. The molecule has 0 saturated carbocycles. The Morgan fingerprint density at radius 3 is 2.41 bits per heavy atom. The van der Waals surface area contributed by atoms with Crippen LogP contribution in [0.2, 0.25) is 0 Å². The van der Waals surface area contributed by atoms with E-state index in [0.29, 0.717) is 36.6 Å². The summed E-state index contributed by atoms with van der Waals surface area (Å²) >= 11 is 0. The molecule has 2 aromatic carbocycles. The fraction of sp³-hybridized carbons (Fsp3) is 0.241. The molecule has 39 heavy (non-hydrogen) atoms. The van der Waals surface area contributed by atoms with Gasteiger partial charge in [-0.3, -0.25) is 19.1 Å². The van der Waals surface area contributed by atoms with Crippen molar-refractivity contribution in [2.24, 2.45) is 0 Å². The van der Waals surface area contributed by atoms with Gasteiger partial charge in [0.15, 0.2) is 11.4 Å². The fourth-order valence-corrected chi connectivity index (χ4v) is 4.94. The van der Waals surface area contributed by atoms with Crippen LogP contribution in [-0.2, 0) is 0 Å². The first-order chi connectivity index (χ1) is 18.8. The number of hydrogen-bond donors (Lipinski definition) is 1. The van der Waals surface area contributed by atoms with Gasteiger partial charge < -0.3 is 19.5 Å². The number of para-hydroxylation sites is 1. The number of likely N-dealkylation sites (tertiary alicyclic amines) is 1. The number of rotatable bonds is 6. The summed E-state index contributed by atoms with van der Waals surface area (Å²) in [7, 11) is 2.93. The predicted octanol–water partition coefficient (Wildman–Crippen LogP) is 4.09. The van der Waals surface area contributed by atoms with Crippen molar-refractivity contribution in [3.8, 4) is 34.5 Å². The maximum absolute atomic E-state index is 13.7. The molecule has 1 atom stereocenters. The molecular weight excluding hydrogens is 503 g/mol. The molecule has 0 radical (unpaired) electrons. The van der Waals surface area contributed by atoms with Crippen LogP contribution in [0.15, 0.2) is 65.7 Å². The monoisotopic (exact) mass is 530 g/mol. The highest BCUT2D eigenvalue weighted by molar-refractivity contribution is 5.97. The number of carbonyl (C=O) groups is 1. The molecule has 10 heteroatoms. The zero-order valence-electron chi connectivity index (χ0n) is 21.7. The second-order valence-corrected chi connectivity index (χ2v) is 9.33. The lowest BCUT2D eigenvalue weighted by Gasteiger charge is -2.22. The molecule has 1 unspecified atom stereocenters. The molecule has 1 aliphatic rings. The van der Waals surface area contributed by atoms with Crippen LogP contribution >= 0.6 is 0 Å². The van der Waals surface area contributed by atoms with Crippen molar-refractivity contribution in [2.45, 2.75) is 19.3 Å². The van der Waals surface area contributed by atoms with E-state index in [2.05, 4.69) is 9.97 Å². The number of carbonyl (C=O) groups excluding carboxylic acids is 1. The summed E-state index contributed by atoms with van der Waals surface area (Å²) in [6.45, 7) is 2.51. The van der Waals surface area contributed by atoms with Gasteiger partial charge in [0, 0.05) is 37.0 Å². The first-order valence-corrected chi connectivity index (χ1v) is 12.4. The van der Waals surface area contributed by atoms with Crippen molar-refractivity contribution < 1.29 is 23.8 Å². The Morgan fingerprint density at radius 1 is 1.08 bits per heavy atom. The highest BCUT2D eigenvalue weighted by Gasteiger charge is 2.34. The van der Waals surface area contributed by atoms with E-state index in [9.17, 15) is 19.1 Å². The van der Waals surface area contributed by atoms with Crippen LogP contribution in [0.5, 0.6) is 17.4 Å². The Bertz CT molecular complexity index is 1580. The summed E-state index contributed by atoms with van der Waals surface area (Å²) in [6.07, 6.45) is 3.80. The summed E-state index contributed by atoms with van der Waals surface area (Å²) in [4.78, 5) is 37.0. The van der Waals surface area contributed by atoms with Gasteiger partial charge in [0.05, 0.1) is 14.2 Å². The van der Waals surface area contributed by atoms with Crippen molar-refractivity contribution in [3.05, 3.63) is 93.8 Å². The van der Waals surface area contributed by atoms with Crippen LogP contribution in [0, 0.1) is 12.7 Å². The molecule has 4 aromatic rings. The van der Waals surface area contributed by atoms with E-state index >= 15 is 0 Å². The third-order valence-corrected chi connectivity index (χ3v) is 6.86. The van der Waals surface area contributed by atoms with Crippen LogP contribution in [0.3, 0.4) is 0 Å². The summed E-state index contributed by atoms with van der Waals surface area (Å²) in [6, 6.07) is 13.0. The number of nitrogens with zero attached hydrogens (tertiary/aromatic N) is 4. The van der Waals surface area contributed by atoms with Gasteiger partial charge in [-0.05, 0) is 54.8 Å². The molecule has 3 heterocycles. The number of ether oxygens (including phenoxy) is 2. The number of halogens is 1. The smallest absolute Gasteiger partial charge is 0.290 e. The molecule has 2 aromatic heterocycles. The fourth-order valence-electron chi connectivity index (χ4n) is 4.94. The largest absolute Gasteiger partial charge is 0.494 e. The van der Waals surface area contributed by atoms with Crippen molar-refractivity contribution in [3.63, 3.8) is 0 Å². The van der Waals surface area contributed by atoms with Gasteiger partial charge in [-0.15, -0.1) is 0 Å². The van der Waals surface area contributed by atoms with Crippen LogP contribution < -0.4 is 15.0 Å². The number of pyridine rings is 1. The molecule has 0 aliphatic carbocycles. The third kappa shape index (κ3) is 4.81. The van der Waals surface area contributed by atoms with E-state index in [1.54, 1.807) is 42.6 Å². The van der Waals surface area contributed by atoms with E-state index < -0.39 is 22.9 Å². The first kappa shape index (κ1) is 25.9. The van der Waals surface area contributed by atoms with Gasteiger partial charge in [-0.2, -0.15) is 4.98 Å². The van der Waals surface area contributed by atoms with Gasteiger partial charge >= 0.3 is 0 Å². The van der Waals surface area contributed by atoms with Crippen LogP contribution in [-0.4, -0.2) is 57.8 Å². The lowest BCUT2D eigenvalue weighted by molar-refractivity contribution is 0.0784. The second-order valence-electron chi connectivity index (χ2n) is 9.33. The molecule has 5 rings (SSSR count). The molecular formula is C29H27FN4O5. The summed E-state index contributed by atoms with van der Waals surface area (Å²) in [5.74, 6) is -0.883. The summed E-state index contributed by atoms with van der Waals surface area (Å²) in [5.41, 5.74) is 1.09. The molecule has 1 aliphatic heterocycles. The standard InChI is InChI=1S/C29H27FN4O5/c1-17-13-20(15-31-14-17)26-32-27(35)24(29(37)34(26)25-22(38-2)5-4-6-23(25)39-3)28(36)33-12-11-19(16-33)18-7-9-21(30)10-8-18/h4-10,13-15,19,37H,11-12,16H2,1-3H3. The molecule has 1 fully saturated rings. The number of amides is 1. The highest BCUT2D eigenvalue weighted by atomic mass is 19.1. The summed E-state index contributed by atoms with van der Waals surface area (Å²) in [5, 5.41) is 11.6. The number of methoxy groups -OCH3 is 2. The first-order valence-electron chi connectivity index (χ1n) is 12.4. The number of benzene rings is 2. The molecule has 0 bridgehead atoms. The van der Waals surface area contributed by atoms with Crippen LogP contribution in [0.25, 0.3) is 17.1 Å². The van der Waals surface area contributed by atoms with E-state index in [4.69, 9.17) is 9.47 Å². The molecule has 200 valence electrons. The topological polar surface area (TPSA) is 107 Å². The molecule has 0 spiro atoms. The maximum Gasteiger partial charge on any atom is 0.290 e. The van der Waals surface area contributed by atoms with Gasteiger partial charge in [-0.1, -0.05) is 18.2 Å². The third-order valence-electron chi connectivity index (χ3n) is 6.86. The minimum Gasteiger partial charge on any atom is -0.494 e. The van der Waals surface area contributed by atoms with E-state index in [-0.39, 0.29) is 23.2 Å². The molecule has 9 nitrogen and oxygen atoms in total. The molecule has 1 amide bonds. The zero-order chi connectivity index (χ0) is 27.7. The Labute approximate surface area is 224 Å². The van der Waals surface area contributed by atoms with Crippen molar-refractivity contribution in [1.82, 2.24) is 19.4 Å². The minimum absolute atomic E-state index is 0.0289. The van der Waals surface area contributed by atoms with Crippen LogP contribution in [0.1, 0.15) is 33.8 Å². The van der Waals surface area contributed by atoms with Crippen LogP contribution in [0.4, 0.5) is 4.39 Å². The van der Waals surface area contributed by atoms with Gasteiger partial charge in [-0.25, -0.2) is 4.39 Å². The van der Waals surface area contributed by atoms with Gasteiger partial charge in [0.1, 0.15) is 23.0 Å². The van der Waals surface area contributed by atoms with Crippen molar-refractivity contribution in [1.29, 1.82) is 0 Å². The van der Waals surface area contributed by atoms with Crippen molar-refractivity contribution in [2.75, 3.05) is 27.3 Å². The van der Waals surface area contributed by atoms with E-state index in [1.165, 1.54) is 42.0 Å². The number of aromatic hydroxyl groups is 1. The average Bonchev–Trinajstić information content (AvgIpc) is 3.43. The Morgan fingerprint density at radius 2 is 1.77 bits per heavy atom. The Balaban J connectivity index is 1.65. The zero-order valence-corrected chi connectivity index (χ0v) is 21.7. The highest BCUT2D eigenvalue weighted by Crippen LogP contribution is 2.39. The number of aromatic nitrogens is 3. The average molecular weight is 531 g/mol. The van der Waals surface area contributed by atoms with E-state index in [1.807, 2.05) is 6.92 Å². The normalized spacial score (nSPS) is 14.9. The Hall–Kier alpha value is -4.73. The second kappa shape index (κ2) is 10.6. The summed E-state index contributed by atoms with van der Waals surface area (Å²) < 4.78 is 25.8. The predicted molar refractivity (Wildman–Crippen MR) is 142 cm³/mol. The van der Waals surface area contributed by atoms with Crippen molar-refractivity contribution >= 4 is 5.91 Å². The Kier molecular flexibility index (Phi) is 7.02. The van der Waals surface area contributed by atoms with Gasteiger partial charge in [0.2, 0.25) is 5.88 Å². The van der Waals surface area contributed by atoms with Gasteiger partial charge in [0.25, 0.3) is 11.5 Å². The lowest BCUT2D eigenvalue weighted by atomic mass is 9.99. The SMILES string of the molecule is COc1cccc(OC)c1-n1c(-c2cncc(C)c2)nc(=O)c(C(=O)N2CCC(c3ccc(F)cc3)C2)c1O. The molecule has 1 N–H and O–H groups in total. The minimum atomic E-state index is -0.871. The number of aryl methyl sites for hydroxylation is 1. The quantitative estimate of drug-likeness (QED) is 0.400. The number of hydrogen-bond acceptors (Lipinski definition) is 7.